The summed E-state index contributed by atoms with van der Waals surface area (Å²) >= 11 is 0. The summed E-state index contributed by atoms with van der Waals surface area (Å²) in [6.45, 7) is 0.298. The molecule has 0 aliphatic rings. The van der Waals surface area contributed by atoms with Gasteiger partial charge in [0, 0.05) is 18.9 Å². The fraction of sp³-hybridized carbons (Fsp3) is 0.267. The molecule has 128 valence electrons. The first-order chi connectivity index (χ1) is 11.5. The fourth-order valence-corrected chi connectivity index (χ4v) is 1.97. The van der Waals surface area contributed by atoms with E-state index >= 15 is 0 Å². The second kappa shape index (κ2) is 8.06. The number of rotatable bonds is 7. The van der Waals surface area contributed by atoms with Crippen molar-refractivity contribution in [1.82, 2.24) is 9.55 Å². The average Bonchev–Trinajstić information content (AvgIpc) is 2.53. The summed E-state index contributed by atoms with van der Waals surface area (Å²) in [6, 6.07) is 6.63. The maximum atomic E-state index is 12.8. The Morgan fingerprint density at radius 1 is 1.29 bits per heavy atom. The Bertz CT molecular complexity index is 813. The van der Waals surface area contributed by atoms with Crippen LogP contribution in [0.15, 0.2) is 39.9 Å². The van der Waals surface area contributed by atoms with Crippen LogP contribution in [-0.2, 0) is 16.1 Å². The van der Waals surface area contributed by atoms with Crippen LogP contribution >= 0.6 is 0 Å². The van der Waals surface area contributed by atoms with E-state index in [1.165, 1.54) is 35.9 Å². The lowest BCUT2D eigenvalue weighted by atomic mass is 10.3. The molecule has 1 aromatic heterocycles. The Kier molecular flexibility index (Phi) is 5.85. The number of aromatic amines is 1. The van der Waals surface area contributed by atoms with Gasteiger partial charge in [0.05, 0.1) is 19.7 Å². The van der Waals surface area contributed by atoms with Crippen molar-refractivity contribution >= 4 is 17.4 Å². The molecule has 1 aromatic carbocycles. The number of anilines is 2. The van der Waals surface area contributed by atoms with Crippen molar-refractivity contribution < 1.29 is 13.9 Å². The molecular formula is C15H17FN4O4. The highest BCUT2D eigenvalue weighted by molar-refractivity contribution is 5.92. The van der Waals surface area contributed by atoms with Gasteiger partial charge in [-0.15, -0.1) is 0 Å². The Labute approximate surface area is 136 Å². The number of ether oxygens (including phenoxy) is 1. The molecule has 0 aliphatic heterocycles. The number of hydrogen-bond acceptors (Lipinski definition) is 5. The third-order valence-corrected chi connectivity index (χ3v) is 3.12. The molecule has 0 saturated heterocycles. The van der Waals surface area contributed by atoms with Crippen molar-refractivity contribution in [3.63, 3.8) is 0 Å². The quantitative estimate of drug-likeness (QED) is 0.678. The second-order valence-electron chi connectivity index (χ2n) is 4.88. The number of methoxy groups -OCH3 is 1. The van der Waals surface area contributed by atoms with Crippen LogP contribution in [0.5, 0.6) is 0 Å². The summed E-state index contributed by atoms with van der Waals surface area (Å²) in [5, 5.41) is 5.30. The van der Waals surface area contributed by atoms with E-state index < -0.39 is 17.2 Å². The Morgan fingerprint density at radius 2 is 2.00 bits per heavy atom. The molecule has 3 N–H and O–H groups in total. The Balaban J connectivity index is 2.06. The van der Waals surface area contributed by atoms with Gasteiger partial charge in [-0.05, 0) is 24.3 Å². The van der Waals surface area contributed by atoms with Gasteiger partial charge in [0.1, 0.15) is 11.6 Å². The number of carbonyl (C=O) groups excluding carboxylic acids is 1. The zero-order valence-electron chi connectivity index (χ0n) is 13.0. The van der Waals surface area contributed by atoms with Crippen LogP contribution in [-0.4, -0.2) is 35.7 Å². The van der Waals surface area contributed by atoms with Gasteiger partial charge in [-0.2, -0.15) is 0 Å². The van der Waals surface area contributed by atoms with Crippen LogP contribution < -0.4 is 21.9 Å². The number of benzene rings is 1. The lowest BCUT2D eigenvalue weighted by molar-refractivity contribution is -0.114. The summed E-state index contributed by atoms with van der Waals surface area (Å²) < 4.78 is 18.9. The lowest BCUT2D eigenvalue weighted by Gasteiger charge is -2.13. The molecular weight excluding hydrogens is 319 g/mol. The van der Waals surface area contributed by atoms with Crippen molar-refractivity contribution in [2.75, 3.05) is 30.9 Å². The summed E-state index contributed by atoms with van der Waals surface area (Å²) in [5.74, 6) is -0.766. The van der Waals surface area contributed by atoms with Crippen LogP contribution in [0.25, 0.3) is 0 Å². The molecule has 0 saturated carbocycles. The molecule has 8 nitrogen and oxygen atoms in total. The molecule has 0 aliphatic carbocycles. The first-order valence-electron chi connectivity index (χ1n) is 7.12. The number of amides is 1. The van der Waals surface area contributed by atoms with E-state index in [1.54, 1.807) is 0 Å². The van der Waals surface area contributed by atoms with Crippen LogP contribution in [0.3, 0.4) is 0 Å². The maximum absolute atomic E-state index is 12.8. The van der Waals surface area contributed by atoms with E-state index in [9.17, 15) is 18.8 Å². The van der Waals surface area contributed by atoms with E-state index in [1.807, 2.05) is 0 Å². The standard InChI is InChI=1S/C15H17FN4O4/c1-24-7-6-20-12(8-13(21)19-15(20)23)18-14(22)9-17-11-4-2-10(16)3-5-11/h2-5,8,17H,6-7,9H2,1H3,(H,18,22)(H,19,21,23). The lowest BCUT2D eigenvalue weighted by Crippen LogP contribution is -2.34. The highest BCUT2D eigenvalue weighted by atomic mass is 19.1. The first kappa shape index (κ1) is 17.4. The largest absolute Gasteiger partial charge is 0.383 e. The third kappa shape index (κ3) is 4.78. The normalized spacial score (nSPS) is 10.4. The minimum atomic E-state index is -0.638. The smallest absolute Gasteiger partial charge is 0.329 e. The first-order valence-corrected chi connectivity index (χ1v) is 7.12. The molecule has 0 spiro atoms. The molecule has 0 fully saturated rings. The highest BCUT2D eigenvalue weighted by Gasteiger charge is 2.09. The van der Waals surface area contributed by atoms with Gasteiger partial charge in [0.2, 0.25) is 5.91 Å². The van der Waals surface area contributed by atoms with Crippen LogP contribution in [0, 0.1) is 5.82 Å². The predicted octanol–water partition coefficient (Wildman–Crippen LogP) is 0.373. The molecule has 0 atom stereocenters. The number of hydrogen-bond donors (Lipinski definition) is 3. The molecule has 1 heterocycles. The minimum Gasteiger partial charge on any atom is -0.383 e. The third-order valence-electron chi connectivity index (χ3n) is 3.12. The molecule has 0 bridgehead atoms. The fourth-order valence-electron chi connectivity index (χ4n) is 1.97. The highest BCUT2D eigenvalue weighted by Crippen LogP contribution is 2.08. The van der Waals surface area contributed by atoms with E-state index in [2.05, 4.69) is 15.6 Å². The zero-order valence-corrected chi connectivity index (χ0v) is 13.0. The van der Waals surface area contributed by atoms with Crippen molar-refractivity contribution in [3.8, 4) is 0 Å². The molecule has 1 amide bonds. The number of carbonyl (C=O) groups is 1. The molecule has 2 rings (SSSR count). The number of nitrogens with one attached hydrogen (secondary N) is 3. The van der Waals surface area contributed by atoms with Gasteiger partial charge >= 0.3 is 5.69 Å². The van der Waals surface area contributed by atoms with Gasteiger partial charge in [0.25, 0.3) is 5.56 Å². The van der Waals surface area contributed by atoms with Gasteiger partial charge in [-0.25, -0.2) is 9.18 Å². The number of nitrogens with zero attached hydrogens (tertiary/aromatic N) is 1. The van der Waals surface area contributed by atoms with E-state index in [0.717, 1.165) is 6.07 Å². The van der Waals surface area contributed by atoms with Crippen molar-refractivity contribution in [3.05, 3.63) is 57.0 Å². The van der Waals surface area contributed by atoms with Gasteiger partial charge in [0.15, 0.2) is 0 Å². The van der Waals surface area contributed by atoms with Crippen LogP contribution in [0.4, 0.5) is 15.9 Å². The van der Waals surface area contributed by atoms with Gasteiger partial charge in [-0.1, -0.05) is 0 Å². The molecule has 0 unspecified atom stereocenters. The number of aromatic nitrogens is 2. The average molecular weight is 336 g/mol. The summed E-state index contributed by atoms with van der Waals surface area (Å²) in [4.78, 5) is 37.3. The van der Waals surface area contributed by atoms with Crippen LogP contribution in [0.1, 0.15) is 0 Å². The second-order valence-corrected chi connectivity index (χ2v) is 4.88. The monoisotopic (exact) mass is 336 g/mol. The topological polar surface area (TPSA) is 105 Å². The van der Waals surface area contributed by atoms with Crippen molar-refractivity contribution in [2.45, 2.75) is 6.54 Å². The molecule has 0 radical (unpaired) electrons. The van der Waals surface area contributed by atoms with Crippen molar-refractivity contribution in [2.24, 2.45) is 0 Å². The number of halogens is 1. The van der Waals surface area contributed by atoms with Crippen molar-refractivity contribution in [1.29, 1.82) is 0 Å². The number of H-pyrrole nitrogens is 1. The van der Waals surface area contributed by atoms with E-state index in [0.29, 0.717) is 5.69 Å². The summed E-state index contributed by atoms with van der Waals surface area (Å²) in [7, 11) is 1.47. The molecule has 9 heteroatoms. The predicted molar refractivity (Wildman–Crippen MR) is 86.7 cm³/mol. The van der Waals surface area contributed by atoms with Crippen LogP contribution in [0.2, 0.25) is 0 Å². The SMILES string of the molecule is COCCn1c(NC(=O)CNc2ccc(F)cc2)cc(=O)[nH]c1=O. The Morgan fingerprint density at radius 3 is 2.67 bits per heavy atom. The summed E-state index contributed by atoms with van der Waals surface area (Å²) in [6.07, 6.45) is 0. The zero-order chi connectivity index (χ0) is 17.5. The molecule has 24 heavy (non-hydrogen) atoms. The van der Waals surface area contributed by atoms with Gasteiger partial charge < -0.3 is 15.4 Å². The Hall–Kier alpha value is -2.94. The minimum absolute atomic E-state index is 0.0757. The van der Waals surface area contributed by atoms with Gasteiger partial charge in [-0.3, -0.25) is 19.1 Å². The van der Waals surface area contributed by atoms with E-state index in [-0.39, 0.29) is 31.3 Å². The maximum Gasteiger partial charge on any atom is 0.329 e. The van der Waals surface area contributed by atoms with E-state index in [4.69, 9.17) is 4.74 Å². The molecule has 2 aromatic rings. The summed E-state index contributed by atoms with van der Waals surface area (Å²) in [5.41, 5.74) is -0.689.